The molecule has 2 heterocycles. The summed E-state index contributed by atoms with van der Waals surface area (Å²) in [6.07, 6.45) is -5.65. The van der Waals surface area contributed by atoms with E-state index in [-0.39, 0.29) is 23.2 Å². The summed E-state index contributed by atoms with van der Waals surface area (Å²) in [5.74, 6) is 2.40. The van der Waals surface area contributed by atoms with Crippen molar-refractivity contribution in [3.05, 3.63) is 50.8 Å². The van der Waals surface area contributed by atoms with Crippen molar-refractivity contribution in [1.29, 1.82) is 0 Å². The normalized spacial score (nSPS) is 16.3. The number of alkyl halides is 3. The molecule has 140 valence electrons. The fraction of sp³-hybridized carbons (Fsp3) is 0.235. The summed E-state index contributed by atoms with van der Waals surface area (Å²) in [5.41, 5.74) is -3.74. The molecular weight excluding hydrogens is 367 g/mol. The van der Waals surface area contributed by atoms with Crippen LogP contribution in [-0.2, 0) is 11.0 Å². The first-order chi connectivity index (χ1) is 12.6. The predicted octanol–water partition coefficient (Wildman–Crippen LogP) is 1.64. The number of ether oxygens (including phenoxy) is 1. The number of aromatic amines is 1. The van der Waals surface area contributed by atoms with Gasteiger partial charge in [-0.15, -0.1) is 0 Å². The molecule has 0 spiro atoms. The van der Waals surface area contributed by atoms with Gasteiger partial charge in [0, 0.05) is 12.1 Å². The molecule has 0 saturated heterocycles. The molecule has 0 saturated carbocycles. The second-order valence-electron chi connectivity index (χ2n) is 5.61. The summed E-state index contributed by atoms with van der Waals surface area (Å²) in [4.78, 5) is 39.2. The fourth-order valence-corrected chi connectivity index (χ4v) is 2.58. The van der Waals surface area contributed by atoms with E-state index in [0.717, 1.165) is 4.90 Å². The molecule has 7 nitrogen and oxygen atoms in total. The SMILES string of the molecule is CC#CN1C(=O)C(C)Oc2ccc(-n3c(=O)cc(C(F)(F)F)[nH]c3=O)cc21. The van der Waals surface area contributed by atoms with Gasteiger partial charge >= 0.3 is 11.9 Å². The molecule has 1 aromatic heterocycles. The highest BCUT2D eigenvalue weighted by Gasteiger charge is 2.34. The Hall–Kier alpha value is -3.48. The van der Waals surface area contributed by atoms with Crippen LogP contribution in [0.15, 0.2) is 33.9 Å². The minimum absolute atomic E-state index is 0.0393. The fourth-order valence-electron chi connectivity index (χ4n) is 2.58. The van der Waals surface area contributed by atoms with Crippen LogP contribution >= 0.6 is 0 Å². The smallest absolute Gasteiger partial charge is 0.431 e. The van der Waals surface area contributed by atoms with E-state index in [1.54, 1.807) is 4.98 Å². The molecule has 10 heteroatoms. The maximum Gasteiger partial charge on any atom is 0.431 e. The Morgan fingerprint density at radius 2 is 1.89 bits per heavy atom. The standard InChI is InChI=1S/C17H12F3N3O4/c1-3-6-22-11-7-10(4-5-12(11)27-9(2)15(22)25)23-14(24)8-13(17(18,19)20)21-16(23)26/h4-5,7-9H,1-2H3,(H,21,26). The van der Waals surface area contributed by atoms with Crippen molar-refractivity contribution >= 4 is 11.6 Å². The summed E-state index contributed by atoms with van der Waals surface area (Å²) < 4.78 is 44.2. The third-order valence-electron chi connectivity index (χ3n) is 3.78. The zero-order chi connectivity index (χ0) is 19.9. The van der Waals surface area contributed by atoms with E-state index in [2.05, 4.69) is 12.0 Å². The Bertz CT molecular complexity index is 1070. The molecular formula is C17H12F3N3O4. The molecule has 2 aromatic rings. The van der Waals surface area contributed by atoms with E-state index in [9.17, 15) is 27.6 Å². The molecule has 1 aromatic carbocycles. The highest BCUT2D eigenvalue weighted by Crippen LogP contribution is 2.35. The van der Waals surface area contributed by atoms with Gasteiger partial charge in [-0.05, 0) is 32.0 Å². The van der Waals surface area contributed by atoms with E-state index in [1.165, 1.54) is 32.0 Å². The lowest BCUT2D eigenvalue weighted by Crippen LogP contribution is -2.42. The Morgan fingerprint density at radius 3 is 2.48 bits per heavy atom. The van der Waals surface area contributed by atoms with Gasteiger partial charge in [-0.25, -0.2) is 14.3 Å². The third kappa shape index (κ3) is 3.19. The van der Waals surface area contributed by atoms with E-state index in [4.69, 9.17) is 4.74 Å². The number of nitrogens with one attached hydrogen (secondary N) is 1. The molecule has 0 radical (unpaired) electrons. The van der Waals surface area contributed by atoms with Crippen LogP contribution < -0.4 is 20.9 Å². The summed E-state index contributed by atoms with van der Waals surface area (Å²) in [5, 5.41) is 0. The number of carbonyl (C=O) groups excluding carboxylic acids is 1. The quantitative estimate of drug-likeness (QED) is 0.764. The van der Waals surface area contributed by atoms with E-state index < -0.39 is 35.1 Å². The lowest BCUT2D eigenvalue weighted by Gasteiger charge is -2.29. The van der Waals surface area contributed by atoms with E-state index in [0.29, 0.717) is 4.57 Å². The highest BCUT2D eigenvalue weighted by molar-refractivity contribution is 6.02. The number of carbonyl (C=O) groups is 1. The summed E-state index contributed by atoms with van der Waals surface area (Å²) >= 11 is 0. The van der Waals surface area contributed by atoms with Crippen molar-refractivity contribution in [3.8, 4) is 23.4 Å². The molecule has 3 rings (SSSR count). The van der Waals surface area contributed by atoms with Gasteiger partial charge in [0.25, 0.3) is 11.5 Å². The molecule has 1 amide bonds. The van der Waals surface area contributed by atoms with Gasteiger partial charge in [0.2, 0.25) is 0 Å². The van der Waals surface area contributed by atoms with E-state index in [1.807, 2.05) is 0 Å². The molecule has 0 aliphatic carbocycles. The van der Waals surface area contributed by atoms with Crippen LogP contribution in [0.25, 0.3) is 5.69 Å². The number of aromatic nitrogens is 2. The molecule has 1 aliphatic rings. The average Bonchev–Trinajstić information content (AvgIpc) is 2.58. The first kappa shape index (κ1) is 18.3. The molecule has 1 aliphatic heterocycles. The second-order valence-corrected chi connectivity index (χ2v) is 5.61. The number of fused-ring (bicyclic) bond motifs is 1. The van der Waals surface area contributed by atoms with Crippen LogP contribution in [0.5, 0.6) is 5.75 Å². The van der Waals surface area contributed by atoms with Gasteiger partial charge < -0.3 is 9.72 Å². The Labute approximate surface area is 150 Å². The highest BCUT2D eigenvalue weighted by atomic mass is 19.4. The van der Waals surface area contributed by atoms with Crippen LogP contribution in [0.4, 0.5) is 18.9 Å². The lowest BCUT2D eigenvalue weighted by molar-refractivity contribution is -0.141. The van der Waals surface area contributed by atoms with Crippen LogP contribution in [0.1, 0.15) is 19.5 Å². The predicted molar refractivity (Wildman–Crippen MR) is 88.7 cm³/mol. The molecule has 1 unspecified atom stereocenters. The topological polar surface area (TPSA) is 84.4 Å². The average molecular weight is 379 g/mol. The molecule has 1 atom stereocenters. The molecule has 27 heavy (non-hydrogen) atoms. The molecule has 1 N–H and O–H groups in total. The number of anilines is 1. The lowest BCUT2D eigenvalue weighted by atomic mass is 10.1. The minimum Gasteiger partial charge on any atom is -0.479 e. The third-order valence-corrected chi connectivity index (χ3v) is 3.78. The van der Waals surface area contributed by atoms with Crippen molar-refractivity contribution in [3.63, 3.8) is 0 Å². The van der Waals surface area contributed by atoms with Gasteiger partial charge in [-0.3, -0.25) is 9.59 Å². The van der Waals surface area contributed by atoms with Gasteiger partial charge in [-0.1, -0.05) is 5.92 Å². The number of nitrogens with zero attached hydrogens (tertiary/aromatic N) is 2. The first-order valence-electron chi connectivity index (χ1n) is 7.64. The Morgan fingerprint density at radius 1 is 1.19 bits per heavy atom. The van der Waals surface area contributed by atoms with Crippen LogP contribution in [0.3, 0.4) is 0 Å². The summed E-state index contributed by atoms with van der Waals surface area (Å²) in [7, 11) is 0. The number of hydrogen-bond donors (Lipinski definition) is 1. The second kappa shape index (κ2) is 6.35. The zero-order valence-electron chi connectivity index (χ0n) is 14.0. The monoisotopic (exact) mass is 379 g/mol. The van der Waals surface area contributed by atoms with Gasteiger partial charge in [0.15, 0.2) is 6.10 Å². The number of rotatable bonds is 1. The number of H-pyrrole nitrogens is 1. The Kier molecular flexibility index (Phi) is 4.31. The summed E-state index contributed by atoms with van der Waals surface area (Å²) in [6, 6.07) is 6.87. The minimum atomic E-state index is -4.86. The van der Waals surface area contributed by atoms with Crippen molar-refractivity contribution in [2.45, 2.75) is 26.1 Å². The van der Waals surface area contributed by atoms with Crippen LogP contribution in [0.2, 0.25) is 0 Å². The van der Waals surface area contributed by atoms with E-state index >= 15 is 0 Å². The largest absolute Gasteiger partial charge is 0.479 e. The van der Waals surface area contributed by atoms with Gasteiger partial charge in [0.05, 0.1) is 5.69 Å². The van der Waals surface area contributed by atoms with Gasteiger partial charge in [0.1, 0.15) is 17.1 Å². The number of amides is 1. The maximum absolute atomic E-state index is 12.7. The van der Waals surface area contributed by atoms with Crippen LogP contribution in [-0.4, -0.2) is 21.6 Å². The number of halogens is 3. The van der Waals surface area contributed by atoms with Gasteiger partial charge in [-0.2, -0.15) is 13.2 Å². The van der Waals surface area contributed by atoms with Crippen molar-refractivity contribution < 1.29 is 22.7 Å². The maximum atomic E-state index is 12.7. The Balaban J connectivity index is 2.19. The van der Waals surface area contributed by atoms with Crippen LogP contribution in [0, 0.1) is 12.0 Å². The zero-order valence-corrected chi connectivity index (χ0v) is 14.0. The van der Waals surface area contributed by atoms with Crippen molar-refractivity contribution in [2.75, 3.05) is 4.90 Å². The molecule has 0 bridgehead atoms. The van der Waals surface area contributed by atoms with Crippen molar-refractivity contribution in [2.24, 2.45) is 0 Å². The van der Waals surface area contributed by atoms with Crippen molar-refractivity contribution in [1.82, 2.24) is 9.55 Å². The first-order valence-corrected chi connectivity index (χ1v) is 7.64. The molecule has 0 fully saturated rings. The number of hydrogen-bond acceptors (Lipinski definition) is 4. The summed E-state index contributed by atoms with van der Waals surface area (Å²) in [6.45, 7) is 3.05. The number of benzene rings is 1.